The number of benzene rings is 2. The van der Waals surface area contributed by atoms with Crippen LogP contribution in [-0.4, -0.2) is 26.4 Å². The number of aryl methyl sites for hydroxylation is 2. The minimum absolute atomic E-state index is 0.100. The van der Waals surface area contributed by atoms with Crippen molar-refractivity contribution in [2.75, 3.05) is 12.4 Å². The van der Waals surface area contributed by atoms with E-state index < -0.39 is 9.84 Å². The molecule has 1 N–H and O–H groups in total. The Balaban J connectivity index is 1.79. The summed E-state index contributed by atoms with van der Waals surface area (Å²) in [6.07, 6.45) is 1.26. The number of ether oxygens (including phenoxy) is 1. The van der Waals surface area contributed by atoms with Gasteiger partial charge in [0.2, 0.25) is 9.84 Å². The van der Waals surface area contributed by atoms with Crippen molar-refractivity contribution < 1.29 is 17.9 Å². The van der Waals surface area contributed by atoms with Crippen LogP contribution in [0.4, 0.5) is 5.69 Å². The average molecular weight is 396 g/mol. The average Bonchev–Trinajstić information content (AvgIpc) is 2.70. The van der Waals surface area contributed by atoms with Crippen LogP contribution in [0.1, 0.15) is 21.5 Å². The summed E-state index contributed by atoms with van der Waals surface area (Å²) in [6, 6.07) is 14.6. The summed E-state index contributed by atoms with van der Waals surface area (Å²) in [5.74, 6) is 0.299. The number of sulfone groups is 1. The van der Waals surface area contributed by atoms with E-state index in [2.05, 4.69) is 10.3 Å². The summed E-state index contributed by atoms with van der Waals surface area (Å²) in [5.41, 5.74) is 2.75. The number of nitrogens with one attached hydrogen (secondary N) is 1. The van der Waals surface area contributed by atoms with Crippen LogP contribution in [0.2, 0.25) is 0 Å². The fourth-order valence-electron chi connectivity index (χ4n) is 2.55. The Morgan fingerprint density at radius 2 is 1.68 bits per heavy atom. The van der Waals surface area contributed by atoms with Crippen LogP contribution in [0.25, 0.3) is 0 Å². The van der Waals surface area contributed by atoms with Crippen molar-refractivity contribution >= 4 is 21.4 Å². The van der Waals surface area contributed by atoms with Gasteiger partial charge in [-0.05, 0) is 73.5 Å². The van der Waals surface area contributed by atoms with Crippen molar-refractivity contribution in [2.24, 2.45) is 0 Å². The highest BCUT2D eigenvalue weighted by atomic mass is 32.2. The number of anilines is 1. The highest BCUT2D eigenvalue weighted by molar-refractivity contribution is 7.91. The summed E-state index contributed by atoms with van der Waals surface area (Å²) >= 11 is 0. The molecule has 2 aromatic carbocycles. The molecule has 0 saturated heterocycles. The molecule has 1 amide bonds. The van der Waals surface area contributed by atoms with Crippen molar-refractivity contribution in [3.63, 3.8) is 0 Å². The molecule has 0 atom stereocenters. The van der Waals surface area contributed by atoms with Crippen LogP contribution in [0.5, 0.6) is 5.75 Å². The van der Waals surface area contributed by atoms with Gasteiger partial charge in [-0.15, -0.1) is 0 Å². The number of aromatic nitrogens is 1. The first-order valence-electron chi connectivity index (χ1n) is 8.55. The molecule has 0 aliphatic heterocycles. The Labute approximate surface area is 164 Å². The highest BCUT2D eigenvalue weighted by Crippen LogP contribution is 2.22. The topological polar surface area (TPSA) is 85.4 Å². The van der Waals surface area contributed by atoms with Crippen LogP contribution >= 0.6 is 0 Å². The van der Waals surface area contributed by atoms with Gasteiger partial charge in [-0.1, -0.05) is 6.07 Å². The second kappa shape index (κ2) is 7.82. The molecule has 0 aliphatic carbocycles. The standard InChI is InChI=1S/C21H20N2O4S/c1-14-4-10-19(12-15(14)2)28(25,26)20-11-5-16(13-22-20)21(24)23-17-6-8-18(27-3)9-7-17/h4-13H,1-3H3,(H,23,24). The fraction of sp³-hybridized carbons (Fsp3) is 0.143. The molecule has 0 radical (unpaired) electrons. The zero-order chi connectivity index (χ0) is 20.3. The van der Waals surface area contributed by atoms with E-state index >= 15 is 0 Å². The molecule has 0 spiro atoms. The number of hydrogen-bond donors (Lipinski definition) is 1. The van der Waals surface area contributed by atoms with E-state index in [9.17, 15) is 13.2 Å². The van der Waals surface area contributed by atoms with Gasteiger partial charge >= 0.3 is 0 Å². The predicted molar refractivity (Wildman–Crippen MR) is 107 cm³/mol. The Hall–Kier alpha value is -3.19. The van der Waals surface area contributed by atoms with Crippen molar-refractivity contribution in [2.45, 2.75) is 23.8 Å². The number of methoxy groups -OCH3 is 1. The van der Waals surface area contributed by atoms with Crippen LogP contribution in [-0.2, 0) is 9.84 Å². The largest absolute Gasteiger partial charge is 0.497 e. The van der Waals surface area contributed by atoms with E-state index in [0.29, 0.717) is 11.4 Å². The SMILES string of the molecule is COc1ccc(NC(=O)c2ccc(S(=O)(=O)c3ccc(C)c(C)c3)nc2)cc1. The summed E-state index contributed by atoms with van der Waals surface area (Å²) < 4.78 is 30.6. The molecular formula is C21H20N2O4S. The van der Waals surface area contributed by atoms with E-state index in [0.717, 1.165) is 11.1 Å². The minimum Gasteiger partial charge on any atom is -0.497 e. The van der Waals surface area contributed by atoms with Crippen LogP contribution in [0.3, 0.4) is 0 Å². The second-order valence-electron chi connectivity index (χ2n) is 6.32. The van der Waals surface area contributed by atoms with Gasteiger partial charge in [0.25, 0.3) is 5.91 Å². The zero-order valence-corrected chi connectivity index (χ0v) is 16.6. The van der Waals surface area contributed by atoms with Crippen molar-refractivity contribution in [1.82, 2.24) is 4.98 Å². The normalized spacial score (nSPS) is 11.1. The van der Waals surface area contributed by atoms with Crippen LogP contribution < -0.4 is 10.1 Å². The van der Waals surface area contributed by atoms with E-state index in [1.807, 2.05) is 13.8 Å². The third kappa shape index (κ3) is 4.04. The quantitative estimate of drug-likeness (QED) is 0.709. The van der Waals surface area contributed by atoms with Gasteiger partial charge in [-0.3, -0.25) is 4.79 Å². The monoisotopic (exact) mass is 396 g/mol. The molecule has 3 aromatic rings. The highest BCUT2D eigenvalue weighted by Gasteiger charge is 2.20. The molecule has 0 saturated carbocycles. The molecule has 28 heavy (non-hydrogen) atoms. The first-order chi connectivity index (χ1) is 13.3. The summed E-state index contributed by atoms with van der Waals surface area (Å²) in [7, 11) is -2.18. The lowest BCUT2D eigenvalue weighted by atomic mass is 10.1. The Kier molecular flexibility index (Phi) is 5.46. The maximum atomic E-state index is 12.8. The fourth-order valence-corrected chi connectivity index (χ4v) is 3.81. The van der Waals surface area contributed by atoms with Crippen LogP contribution in [0.15, 0.2) is 70.7 Å². The van der Waals surface area contributed by atoms with Gasteiger partial charge in [0.1, 0.15) is 5.75 Å². The maximum Gasteiger partial charge on any atom is 0.257 e. The second-order valence-corrected chi connectivity index (χ2v) is 8.21. The molecule has 3 rings (SSSR count). The van der Waals surface area contributed by atoms with Gasteiger partial charge in [-0.25, -0.2) is 13.4 Å². The summed E-state index contributed by atoms with van der Waals surface area (Å²) in [4.78, 5) is 16.5. The van der Waals surface area contributed by atoms with Gasteiger partial charge in [-0.2, -0.15) is 0 Å². The predicted octanol–water partition coefficient (Wildman–Crippen LogP) is 3.79. The Morgan fingerprint density at radius 3 is 2.25 bits per heavy atom. The number of nitrogens with zero attached hydrogens (tertiary/aromatic N) is 1. The number of hydrogen-bond acceptors (Lipinski definition) is 5. The molecule has 0 bridgehead atoms. The third-order valence-electron chi connectivity index (χ3n) is 4.41. The van der Waals surface area contributed by atoms with Gasteiger partial charge in [0.05, 0.1) is 17.6 Å². The van der Waals surface area contributed by atoms with Gasteiger partial charge < -0.3 is 10.1 Å². The lowest BCUT2D eigenvalue weighted by Crippen LogP contribution is -2.13. The first kappa shape index (κ1) is 19.6. The molecule has 0 fully saturated rings. The molecule has 7 heteroatoms. The molecule has 144 valence electrons. The third-order valence-corrected chi connectivity index (χ3v) is 6.08. The number of pyridine rings is 1. The lowest BCUT2D eigenvalue weighted by Gasteiger charge is -2.08. The molecule has 6 nitrogen and oxygen atoms in total. The van der Waals surface area contributed by atoms with E-state index in [4.69, 9.17) is 4.74 Å². The smallest absolute Gasteiger partial charge is 0.257 e. The summed E-state index contributed by atoms with van der Waals surface area (Å²) in [5, 5.41) is 2.63. The van der Waals surface area contributed by atoms with E-state index in [1.54, 1.807) is 49.6 Å². The van der Waals surface area contributed by atoms with E-state index in [-0.39, 0.29) is 21.4 Å². The van der Waals surface area contributed by atoms with E-state index in [1.165, 1.54) is 18.3 Å². The maximum absolute atomic E-state index is 12.8. The Bertz CT molecular complexity index is 1110. The number of amides is 1. The Morgan fingerprint density at radius 1 is 0.964 bits per heavy atom. The zero-order valence-electron chi connectivity index (χ0n) is 15.8. The molecular weight excluding hydrogens is 376 g/mol. The van der Waals surface area contributed by atoms with Crippen molar-refractivity contribution in [1.29, 1.82) is 0 Å². The molecule has 1 aromatic heterocycles. The molecule has 0 unspecified atom stereocenters. The molecule has 1 heterocycles. The van der Waals surface area contributed by atoms with Crippen molar-refractivity contribution in [3.8, 4) is 5.75 Å². The molecule has 0 aliphatic rings. The van der Waals surface area contributed by atoms with Crippen molar-refractivity contribution in [3.05, 3.63) is 77.5 Å². The first-order valence-corrected chi connectivity index (χ1v) is 10.0. The number of carbonyl (C=O) groups excluding carboxylic acids is 1. The number of rotatable bonds is 5. The lowest BCUT2D eigenvalue weighted by molar-refractivity contribution is 0.102. The minimum atomic E-state index is -3.74. The van der Waals surface area contributed by atoms with Crippen LogP contribution in [0, 0.1) is 13.8 Å². The summed E-state index contributed by atoms with van der Waals surface area (Å²) in [6.45, 7) is 3.77. The number of carbonyl (C=O) groups is 1. The van der Waals surface area contributed by atoms with Gasteiger partial charge in [0.15, 0.2) is 5.03 Å². The van der Waals surface area contributed by atoms with Gasteiger partial charge in [0, 0.05) is 11.9 Å².